The van der Waals surface area contributed by atoms with Crippen molar-refractivity contribution >= 4 is 17.4 Å². The molecule has 0 aliphatic heterocycles. The number of allylic oxidation sites excluding steroid dienone is 2. The van der Waals surface area contributed by atoms with Crippen molar-refractivity contribution in [3.63, 3.8) is 0 Å². The van der Waals surface area contributed by atoms with Crippen LogP contribution in [0.15, 0.2) is 16.8 Å². The zero-order chi connectivity index (χ0) is 9.64. The third-order valence-electron chi connectivity index (χ3n) is 4.04. The van der Waals surface area contributed by atoms with Crippen LogP contribution >= 0.6 is 12.2 Å². The second-order valence-electron chi connectivity index (χ2n) is 4.85. The first-order valence-corrected chi connectivity index (χ1v) is 5.27. The molecule has 0 N–H and O–H groups in total. The summed E-state index contributed by atoms with van der Waals surface area (Å²) in [6.07, 6.45) is 3.63. The van der Waals surface area contributed by atoms with E-state index in [9.17, 15) is 0 Å². The van der Waals surface area contributed by atoms with Crippen LogP contribution in [0.4, 0.5) is 0 Å². The van der Waals surface area contributed by atoms with Crippen LogP contribution < -0.4 is 0 Å². The molecule has 0 aromatic rings. The highest BCUT2D eigenvalue weighted by atomic mass is 32.1. The monoisotopic (exact) mass is 193 g/mol. The summed E-state index contributed by atoms with van der Waals surface area (Å²) in [6, 6.07) is 0. The molecule has 0 heterocycles. The normalized spacial score (nSPS) is 39.9. The van der Waals surface area contributed by atoms with Crippen molar-refractivity contribution in [2.45, 2.75) is 27.2 Å². The molecule has 2 bridgehead atoms. The number of hydrogen-bond acceptors (Lipinski definition) is 2. The van der Waals surface area contributed by atoms with Gasteiger partial charge in [-0.2, -0.15) is 4.99 Å². The van der Waals surface area contributed by atoms with E-state index in [2.05, 4.69) is 49.2 Å². The van der Waals surface area contributed by atoms with Gasteiger partial charge in [0.05, 0.1) is 10.9 Å². The maximum Gasteiger partial charge on any atom is 0.0637 e. The lowest BCUT2D eigenvalue weighted by Gasteiger charge is -2.57. The first-order chi connectivity index (χ1) is 6.07. The Labute approximate surface area is 84.9 Å². The van der Waals surface area contributed by atoms with Crippen molar-refractivity contribution in [1.82, 2.24) is 0 Å². The average Bonchev–Trinajstić information content (AvgIpc) is 2.08. The zero-order valence-electron chi connectivity index (χ0n) is 8.37. The van der Waals surface area contributed by atoms with Gasteiger partial charge in [0.2, 0.25) is 0 Å². The summed E-state index contributed by atoms with van der Waals surface area (Å²) < 4.78 is 0. The smallest absolute Gasteiger partial charge is 0.0637 e. The van der Waals surface area contributed by atoms with Gasteiger partial charge in [0, 0.05) is 5.92 Å². The van der Waals surface area contributed by atoms with Crippen LogP contribution in [-0.4, -0.2) is 5.16 Å². The second-order valence-corrected chi connectivity index (χ2v) is 5.04. The minimum absolute atomic E-state index is 0.486. The van der Waals surface area contributed by atoms with Crippen LogP contribution in [0.3, 0.4) is 0 Å². The van der Waals surface area contributed by atoms with Crippen molar-refractivity contribution in [1.29, 1.82) is 0 Å². The maximum atomic E-state index is 4.64. The molecule has 1 nitrogen and oxygen atoms in total. The largest absolute Gasteiger partial charge is 0.199 e. The first kappa shape index (κ1) is 9.11. The van der Waals surface area contributed by atoms with Crippen molar-refractivity contribution in [2.75, 3.05) is 0 Å². The predicted molar refractivity (Wildman–Crippen MR) is 57.7 cm³/mol. The highest BCUT2D eigenvalue weighted by molar-refractivity contribution is 7.78. The van der Waals surface area contributed by atoms with Gasteiger partial charge in [0.1, 0.15) is 0 Å². The molecule has 0 aromatic heterocycles. The van der Waals surface area contributed by atoms with Gasteiger partial charge in [-0.15, -0.1) is 0 Å². The zero-order valence-corrected chi connectivity index (χ0v) is 9.19. The van der Waals surface area contributed by atoms with E-state index in [1.165, 1.54) is 6.42 Å². The molecule has 13 heavy (non-hydrogen) atoms. The highest BCUT2D eigenvalue weighted by Crippen LogP contribution is 2.60. The van der Waals surface area contributed by atoms with Gasteiger partial charge in [-0.3, -0.25) is 0 Å². The molecule has 3 atom stereocenters. The number of aliphatic imine (C=N–C) groups is 1. The molecule has 1 saturated carbocycles. The van der Waals surface area contributed by atoms with Gasteiger partial charge in [-0.05, 0) is 35.9 Å². The minimum atomic E-state index is 0.486. The Morgan fingerprint density at radius 3 is 2.77 bits per heavy atom. The third kappa shape index (κ3) is 1.13. The Kier molecular flexibility index (Phi) is 1.94. The van der Waals surface area contributed by atoms with Crippen LogP contribution in [0.1, 0.15) is 27.2 Å². The van der Waals surface area contributed by atoms with E-state index < -0.39 is 0 Å². The third-order valence-corrected chi connectivity index (χ3v) is 4.13. The Bertz CT molecular complexity index is 310. The molecule has 70 valence electrons. The molecule has 1 fully saturated rings. The summed E-state index contributed by atoms with van der Waals surface area (Å²) >= 11 is 4.64. The topological polar surface area (TPSA) is 12.4 Å². The van der Waals surface area contributed by atoms with Crippen LogP contribution in [0.25, 0.3) is 0 Å². The number of rotatable bonds is 1. The second kappa shape index (κ2) is 2.76. The van der Waals surface area contributed by atoms with Gasteiger partial charge < -0.3 is 0 Å². The standard InChI is InChI=1S/C11H15NS/c1-7-9-4-8(11(9,2)3)5-10(7)12-6-13/h5,7-9H,4H2,1-3H3/t7-,8+,9-/m1/s1. The Balaban J connectivity index is 2.33. The Morgan fingerprint density at radius 1 is 1.62 bits per heavy atom. The first-order valence-electron chi connectivity index (χ1n) is 4.87. The number of isothiocyanates is 1. The predicted octanol–water partition coefficient (Wildman–Crippen LogP) is 3.29. The summed E-state index contributed by atoms with van der Waals surface area (Å²) in [5.41, 5.74) is 1.65. The average molecular weight is 193 g/mol. The molecule has 0 saturated heterocycles. The fourth-order valence-corrected chi connectivity index (χ4v) is 2.99. The summed E-state index contributed by atoms with van der Waals surface area (Å²) in [5.74, 6) is 2.08. The van der Waals surface area contributed by atoms with Crippen molar-refractivity contribution in [3.05, 3.63) is 11.8 Å². The van der Waals surface area contributed by atoms with Crippen LogP contribution in [0, 0.1) is 23.2 Å². The van der Waals surface area contributed by atoms with Crippen LogP contribution in [-0.2, 0) is 0 Å². The molecule has 0 aromatic carbocycles. The van der Waals surface area contributed by atoms with Gasteiger partial charge in [0.25, 0.3) is 0 Å². The SMILES string of the molecule is C[C@H]1C(N=C=S)=C[C@@H]2C[C@H]1C2(C)C. The number of fused-ring (bicyclic) bond motifs is 1. The van der Waals surface area contributed by atoms with E-state index in [0.29, 0.717) is 11.3 Å². The number of nitrogens with zero attached hydrogens (tertiary/aromatic N) is 1. The molecule has 3 rings (SSSR count). The molecule has 0 unspecified atom stereocenters. The number of thiocarbonyl (C=S) groups is 1. The van der Waals surface area contributed by atoms with E-state index >= 15 is 0 Å². The quantitative estimate of drug-likeness (QED) is 0.460. The van der Waals surface area contributed by atoms with E-state index in [0.717, 1.165) is 17.5 Å². The summed E-state index contributed by atoms with van der Waals surface area (Å²) in [7, 11) is 0. The number of hydrogen-bond donors (Lipinski definition) is 0. The minimum Gasteiger partial charge on any atom is -0.199 e. The maximum absolute atomic E-state index is 4.64. The van der Waals surface area contributed by atoms with Crippen molar-refractivity contribution in [2.24, 2.45) is 28.2 Å². The van der Waals surface area contributed by atoms with Crippen molar-refractivity contribution in [3.8, 4) is 0 Å². The summed E-state index contributed by atoms with van der Waals surface area (Å²) in [4.78, 5) is 4.14. The van der Waals surface area contributed by atoms with E-state index in [-0.39, 0.29) is 0 Å². The fourth-order valence-electron chi connectivity index (χ4n) is 2.88. The van der Waals surface area contributed by atoms with Gasteiger partial charge in [0.15, 0.2) is 0 Å². The lowest BCUT2D eigenvalue weighted by atomic mass is 9.48. The summed E-state index contributed by atoms with van der Waals surface area (Å²) in [6.45, 7) is 6.97. The van der Waals surface area contributed by atoms with Crippen LogP contribution in [0.2, 0.25) is 0 Å². The summed E-state index contributed by atoms with van der Waals surface area (Å²) in [5, 5.41) is 2.48. The van der Waals surface area contributed by atoms with Gasteiger partial charge >= 0.3 is 0 Å². The van der Waals surface area contributed by atoms with Gasteiger partial charge in [-0.25, -0.2) is 0 Å². The molecule has 0 radical (unpaired) electrons. The molecule has 3 aliphatic carbocycles. The molecule has 3 aliphatic rings. The lowest BCUT2D eigenvalue weighted by molar-refractivity contribution is -0.0314. The Hall–Kier alpha value is -0.460. The molecule has 0 amide bonds. The van der Waals surface area contributed by atoms with Gasteiger partial charge in [-0.1, -0.05) is 26.8 Å². The molecular weight excluding hydrogens is 178 g/mol. The van der Waals surface area contributed by atoms with E-state index in [1.54, 1.807) is 0 Å². The highest BCUT2D eigenvalue weighted by Gasteiger charge is 2.53. The van der Waals surface area contributed by atoms with E-state index in [1.807, 2.05) is 0 Å². The lowest BCUT2D eigenvalue weighted by Crippen LogP contribution is -2.50. The molecule has 0 spiro atoms. The van der Waals surface area contributed by atoms with Crippen LogP contribution in [0.5, 0.6) is 0 Å². The molecule has 2 heteroatoms. The van der Waals surface area contributed by atoms with E-state index in [4.69, 9.17) is 0 Å². The molecular formula is C11H15NS. The van der Waals surface area contributed by atoms with Crippen molar-refractivity contribution < 1.29 is 0 Å². The Morgan fingerprint density at radius 2 is 2.31 bits per heavy atom. The fraction of sp³-hybridized carbons (Fsp3) is 0.727.